The SMILES string of the molecule is Cc1cnccc1-c1cc(F)ccc1C(=O)N1CCC(O)(Cc2ccccc2)CC1. The molecule has 2 aromatic carbocycles. The fourth-order valence-electron chi connectivity index (χ4n) is 4.15. The molecule has 1 aromatic heterocycles. The molecular weight excluding hydrogens is 379 g/mol. The van der Waals surface area contributed by atoms with E-state index in [1.807, 2.05) is 37.3 Å². The highest BCUT2D eigenvalue weighted by molar-refractivity contribution is 6.01. The number of amides is 1. The highest BCUT2D eigenvalue weighted by Gasteiger charge is 2.34. The van der Waals surface area contributed by atoms with Crippen molar-refractivity contribution in [1.82, 2.24) is 9.88 Å². The van der Waals surface area contributed by atoms with Crippen molar-refractivity contribution >= 4 is 5.91 Å². The Bertz CT molecular complexity index is 1040. The maximum Gasteiger partial charge on any atom is 0.254 e. The lowest BCUT2D eigenvalue weighted by atomic mass is 9.85. The van der Waals surface area contributed by atoms with Crippen LogP contribution in [0.15, 0.2) is 67.0 Å². The first kappa shape index (κ1) is 20.2. The van der Waals surface area contributed by atoms with Crippen LogP contribution in [0, 0.1) is 12.7 Å². The first-order valence-corrected chi connectivity index (χ1v) is 10.2. The second-order valence-electron chi connectivity index (χ2n) is 8.06. The highest BCUT2D eigenvalue weighted by Crippen LogP contribution is 2.31. The number of carbonyl (C=O) groups excluding carboxylic acids is 1. The first-order valence-electron chi connectivity index (χ1n) is 10.2. The molecule has 0 bridgehead atoms. The summed E-state index contributed by atoms with van der Waals surface area (Å²) < 4.78 is 14.0. The lowest BCUT2D eigenvalue weighted by molar-refractivity contribution is -0.0162. The summed E-state index contributed by atoms with van der Waals surface area (Å²) in [5.74, 6) is -0.517. The normalized spacial score (nSPS) is 15.8. The number of aliphatic hydroxyl groups is 1. The molecule has 5 heteroatoms. The minimum absolute atomic E-state index is 0.136. The fourth-order valence-corrected chi connectivity index (χ4v) is 4.15. The summed E-state index contributed by atoms with van der Waals surface area (Å²) in [7, 11) is 0. The lowest BCUT2D eigenvalue weighted by Gasteiger charge is -2.38. The highest BCUT2D eigenvalue weighted by atomic mass is 19.1. The van der Waals surface area contributed by atoms with Crippen LogP contribution in [0.4, 0.5) is 4.39 Å². The van der Waals surface area contributed by atoms with Crippen molar-refractivity contribution in [3.05, 3.63) is 89.5 Å². The Morgan fingerprint density at radius 2 is 1.83 bits per heavy atom. The van der Waals surface area contributed by atoms with Gasteiger partial charge in [-0.3, -0.25) is 9.78 Å². The number of aromatic nitrogens is 1. The Hall–Kier alpha value is -3.05. The Kier molecular flexibility index (Phi) is 5.64. The number of pyridine rings is 1. The summed E-state index contributed by atoms with van der Waals surface area (Å²) in [6.45, 7) is 2.83. The van der Waals surface area contributed by atoms with Gasteiger partial charge in [-0.05, 0) is 66.3 Å². The number of aryl methyl sites for hydroxylation is 1. The molecule has 1 saturated heterocycles. The number of hydrogen-bond acceptors (Lipinski definition) is 3. The molecule has 154 valence electrons. The van der Waals surface area contributed by atoms with E-state index in [0.717, 1.165) is 16.7 Å². The molecule has 0 unspecified atom stereocenters. The third kappa shape index (κ3) is 4.26. The zero-order valence-electron chi connectivity index (χ0n) is 17.0. The Balaban J connectivity index is 1.53. The molecule has 1 aliphatic rings. The van der Waals surface area contributed by atoms with Gasteiger partial charge in [0.1, 0.15) is 5.82 Å². The van der Waals surface area contributed by atoms with Crippen molar-refractivity contribution in [2.45, 2.75) is 31.8 Å². The summed E-state index contributed by atoms with van der Waals surface area (Å²) in [6.07, 6.45) is 4.95. The van der Waals surface area contributed by atoms with Gasteiger partial charge in [0.15, 0.2) is 0 Å². The summed E-state index contributed by atoms with van der Waals surface area (Å²) in [5.41, 5.74) is 3.00. The van der Waals surface area contributed by atoms with E-state index in [1.54, 1.807) is 29.4 Å². The molecular formula is C25H25FN2O2. The first-order chi connectivity index (χ1) is 14.5. The molecule has 0 saturated carbocycles. The molecule has 1 fully saturated rings. The number of rotatable bonds is 4. The van der Waals surface area contributed by atoms with E-state index in [9.17, 15) is 14.3 Å². The molecule has 3 aromatic rings. The van der Waals surface area contributed by atoms with E-state index in [4.69, 9.17) is 0 Å². The van der Waals surface area contributed by atoms with Crippen LogP contribution in [0.2, 0.25) is 0 Å². The van der Waals surface area contributed by atoms with E-state index in [0.29, 0.717) is 43.5 Å². The third-order valence-corrected chi connectivity index (χ3v) is 5.88. The molecule has 0 aliphatic carbocycles. The minimum atomic E-state index is -0.814. The van der Waals surface area contributed by atoms with Crippen LogP contribution in [-0.4, -0.2) is 39.6 Å². The van der Waals surface area contributed by atoms with Gasteiger partial charge in [-0.2, -0.15) is 0 Å². The summed E-state index contributed by atoms with van der Waals surface area (Å²) in [5, 5.41) is 11.0. The van der Waals surface area contributed by atoms with Crippen molar-refractivity contribution in [3.63, 3.8) is 0 Å². The number of likely N-dealkylation sites (tertiary alicyclic amines) is 1. The molecule has 4 rings (SSSR count). The Morgan fingerprint density at radius 1 is 1.10 bits per heavy atom. The van der Waals surface area contributed by atoms with Gasteiger partial charge in [-0.25, -0.2) is 4.39 Å². The van der Waals surface area contributed by atoms with Crippen molar-refractivity contribution in [2.75, 3.05) is 13.1 Å². The molecule has 0 spiro atoms. The molecule has 1 amide bonds. The average Bonchev–Trinajstić information content (AvgIpc) is 2.75. The Labute approximate surface area is 176 Å². The zero-order chi connectivity index (χ0) is 21.1. The van der Waals surface area contributed by atoms with Crippen LogP contribution in [0.25, 0.3) is 11.1 Å². The second kappa shape index (κ2) is 8.36. The number of carbonyl (C=O) groups is 1. The third-order valence-electron chi connectivity index (χ3n) is 5.88. The van der Waals surface area contributed by atoms with E-state index in [-0.39, 0.29) is 11.7 Å². The van der Waals surface area contributed by atoms with Crippen LogP contribution in [0.3, 0.4) is 0 Å². The van der Waals surface area contributed by atoms with Crippen LogP contribution >= 0.6 is 0 Å². The van der Waals surface area contributed by atoms with Crippen LogP contribution in [0.5, 0.6) is 0 Å². The van der Waals surface area contributed by atoms with E-state index in [2.05, 4.69) is 4.98 Å². The number of piperidine rings is 1. The molecule has 1 aliphatic heterocycles. The van der Waals surface area contributed by atoms with Crippen molar-refractivity contribution in [2.24, 2.45) is 0 Å². The van der Waals surface area contributed by atoms with Crippen molar-refractivity contribution in [1.29, 1.82) is 0 Å². The second-order valence-corrected chi connectivity index (χ2v) is 8.06. The van der Waals surface area contributed by atoms with Crippen LogP contribution in [-0.2, 0) is 6.42 Å². The summed E-state index contributed by atoms with van der Waals surface area (Å²) in [6, 6.07) is 16.0. The quantitative estimate of drug-likeness (QED) is 0.701. The topological polar surface area (TPSA) is 53.4 Å². The number of nitrogens with zero attached hydrogens (tertiary/aromatic N) is 2. The van der Waals surface area contributed by atoms with Gasteiger partial charge in [0.25, 0.3) is 5.91 Å². The largest absolute Gasteiger partial charge is 0.389 e. The molecule has 4 nitrogen and oxygen atoms in total. The van der Waals surface area contributed by atoms with Crippen molar-refractivity contribution < 1.29 is 14.3 Å². The molecule has 30 heavy (non-hydrogen) atoms. The van der Waals surface area contributed by atoms with Gasteiger partial charge in [0.2, 0.25) is 0 Å². The van der Waals surface area contributed by atoms with E-state index < -0.39 is 5.60 Å². The molecule has 0 atom stereocenters. The smallest absolute Gasteiger partial charge is 0.254 e. The van der Waals surface area contributed by atoms with E-state index in [1.165, 1.54) is 12.1 Å². The van der Waals surface area contributed by atoms with Crippen molar-refractivity contribution in [3.8, 4) is 11.1 Å². The predicted molar refractivity (Wildman–Crippen MR) is 115 cm³/mol. The summed E-state index contributed by atoms with van der Waals surface area (Å²) in [4.78, 5) is 19.1. The fraction of sp³-hybridized carbons (Fsp3) is 0.280. The van der Waals surface area contributed by atoms with Crippen LogP contribution in [0.1, 0.15) is 34.3 Å². The average molecular weight is 404 g/mol. The molecule has 0 radical (unpaired) electrons. The number of halogens is 1. The standard InChI is InChI=1S/C25H25FN2O2/c1-18-17-27-12-9-21(18)23-15-20(26)7-8-22(23)24(29)28-13-10-25(30,11-14-28)16-19-5-3-2-4-6-19/h2-9,12,15,17,30H,10-11,13-14,16H2,1H3. The number of benzene rings is 2. The predicted octanol–water partition coefficient (Wildman–Crippen LogP) is 4.41. The lowest BCUT2D eigenvalue weighted by Crippen LogP contribution is -2.47. The maximum atomic E-state index is 14.0. The molecule has 2 heterocycles. The van der Waals surface area contributed by atoms with Gasteiger partial charge < -0.3 is 10.0 Å². The van der Waals surface area contributed by atoms with Gasteiger partial charge in [0, 0.05) is 37.5 Å². The van der Waals surface area contributed by atoms with Crippen LogP contribution < -0.4 is 0 Å². The van der Waals surface area contributed by atoms with Gasteiger partial charge in [0.05, 0.1) is 5.60 Å². The minimum Gasteiger partial charge on any atom is -0.389 e. The van der Waals surface area contributed by atoms with E-state index >= 15 is 0 Å². The summed E-state index contributed by atoms with van der Waals surface area (Å²) >= 11 is 0. The maximum absolute atomic E-state index is 14.0. The monoisotopic (exact) mass is 404 g/mol. The zero-order valence-corrected chi connectivity index (χ0v) is 17.0. The van der Waals surface area contributed by atoms with Gasteiger partial charge in [-0.15, -0.1) is 0 Å². The number of hydrogen-bond donors (Lipinski definition) is 1. The molecule has 1 N–H and O–H groups in total. The Morgan fingerprint density at radius 3 is 2.53 bits per heavy atom. The van der Waals surface area contributed by atoms with Gasteiger partial charge in [-0.1, -0.05) is 30.3 Å². The van der Waals surface area contributed by atoms with Gasteiger partial charge >= 0.3 is 0 Å².